The van der Waals surface area contributed by atoms with Gasteiger partial charge in [0.05, 0.1) is 12.2 Å². The van der Waals surface area contributed by atoms with E-state index in [4.69, 9.17) is 4.74 Å². The third-order valence-corrected chi connectivity index (χ3v) is 2.72. The van der Waals surface area contributed by atoms with Crippen LogP contribution in [-0.2, 0) is 4.74 Å². The Hall–Kier alpha value is -1.36. The summed E-state index contributed by atoms with van der Waals surface area (Å²) in [4.78, 5) is 10.9. The number of ether oxygens (including phenoxy) is 1. The average Bonchev–Trinajstić information content (AvgIpc) is 2.28. The van der Waals surface area contributed by atoms with Gasteiger partial charge in [0.15, 0.2) is 0 Å². The van der Waals surface area contributed by atoms with E-state index in [9.17, 15) is 0 Å². The van der Waals surface area contributed by atoms with Crippen molar-refractivity contribution in [2.24, 2.45) is 0 Å². The van der Waals surface area contributed by atoms with Gasteiger partial charge in [-0.3, -0.25) is 0 Å². The van der Waals surface area contributed by atoms with Crippen LogP contribution in [0.2, 0.25) is 0 Å². The third-order valence-electron chi connectivity index (χ3n) is 2.72. The fraction of sp³-hybridized carbons (Fsp3) is 0.667. The van der Waals surface area contributed by atoms with Gasteiger partial charge in [-0.2, -0.15) is 4.98 Å². The zero-order chi connectivity index (χ0) is 12.3. The molecule has 1 fully saturated rings. The number of nitrogens with one attached hydrogen (secondary N) is 1. The van der Waals surface area contributed by atoms with Gasteiger partial charge in [0.2, 0.25) is 5.95 Å². The molecule has 94 valence electrons. The fourth-order valence-electron chi connectivity index (χ4n) is 2.13. The lowest BCUT2D eigenvalue weighted by atomic mass is 10.2. The molecule has 1 N–H and O–H groups in total. The van der Waals surface area contributed by atoms with E-state index in [-0.39, 0.29) is 12.2 Å². The van der Waals surface area contributed by atoms with Crippen LogP contribution in [0.4, 0.5) is 11.8 Å². The molecule has 0 amide bonds. The number of rotatable bonds is 3. The number of anilines is 2. The van der Waals surface area contributed by atoms with E-state index in [1.165, 1.54) is 0 Å². The van der Waals surface area contributed by atoms with E-state index in [0.29, 0.717) is 5.95 Å². The smallest absolute Gasteiger partial charge is 0.224 e. The first-order valence-electron chi connectivity index (χ1n) is 6.16. The molecule has 2 unspecified atom stereocenters. The molecule has 0 saturated carbocycles. The molecule has 1 aromatic heterocycles. The van der Waals surface area contributed by atoms with Crippen molar-refractivity contribution in [2.75, 3.05) is 29.9 Å². The van der Waals surface area contributed by atoms with Crippen LogP contribution in [0.25, 0.3) is 0 Å². The summed E-state index contributed by atoms with van der Waals surface area (Å²) in [6.07, 6.45) is 2.29. The molecule has 17 heavy (non-hydrogen) atoms. The van der Waals surface area contributed by atoms with Gasteiger partial charge in [0, 0.05) is 25.8 Å². The number of hydrogen-bond acceptors (Lipinski definition) is 5. The van der Waals surface area contributed by atoms with Gasteiger partial charge in [0.1, 0.15) is 5.82 Å². The highest BCUT2D eigenvalue weighted by atomic mass is 16.5. The average molecular weight is 236 g/mol. The van der Waals surface area contributed by atoms with Gasteiger partial charge in [-0.1, -0.05) is 0 Å². The molecular formula is C12H20N4O. The minimum absolute atomic E-state index is 0.247. The van der Waals surface area contributed by atoms with Crippen LogP contribution in [0.1, 0.15) is 20.8 Å². The van der Waals surface area contributed by atoms with Gasteiger partial charge in [-0.05, 0) is 26.8 Å². The normalized spacial score (nSPS) is 24.8. The van der Waals surface area contributed by atoms with Crippen LogP contribution < -0.4 is 10.2 Å². The second-order valence-electron chi connectivity index (χ2n) is 4.43. The largest absolute Gasteiger partial charge is 0.372 e. The van der Waals surface area contributed by atoms with E-state index in [1.54, 1.807) is 6.20 Å². The molecule has 1 aromatic rings. The molecule has 5 nitrogen and oxygen atoms in total. The Balaban J connectivity index is 2.12. The van der Waals surface area contributed by atoms with Crippen LogP contribution in [-0.4, -0.2) is 41.8 Å². The minimum Gasteiger partial charge on any atom is -0.372 e. The maximum absolute atomic E-state index is 5.71. The molecule has 2 rings (SSSR count). The summed E-state index contributed by atoms with van der Waals surface area (Å²) in [7, 11) is 0. The fourth-order valence-corrected chi connectivity index (χ4v) is 2.13. The van der Waals surface area contributed by atoms with Crippen molar-refractivity contribution in [1.29, 1.82) is 0 Å². The molecular weight excluding hydrogens is 216 g/mol. The third kappa shape index (κ3) is 3.06. The predicted molar refractivity (Wildman–Crippen MR) is 68.4 cm³/mol. The highest BCUT2D eigenvalue weighted by molar-refractivity contribution is 5.43. The quantitative estimate of drug-likeness (QED) is 0.862. The Kier molecular flexibility index (Phi) is 3.78. The summed E-state index contributed by atoms with van der Waals surface area (Å²) >= 11 is 0. The Morgan fingerprint density at radius 2 is 2.12 bits per heavy atom. The first-order valence-corrected chi connectivity index (χ1v) is 6.16. The van der Waals surface area contributed by atoms with Crippen LogP contribution in [0, 0.1) is 0 Å². The van der Waals surface area contributed by atoms with Gasteiger partial charge in [0.25, 0.3) is 0 Å². The maximum atomic E-state index is 5.71. The molecule has 5 heteroatoms. The zero-order valence-electron chi connectivity index (χ0n) is 10.7. The molecule has 1 saturated heterocycles. The summed E-state index contributed by atoms with van der Waals surface area (Å²) in [5, 5.41) is 3.13. The Morgan fingerprint density at radius 3 is 2.76 bits per heavy atom. The maximum Gasteiger partial charge on any atom is 0.224 e. The summed E-state index contributed by atoms with van der Waals surface area (Å²) in [5.74, 6) is 1.66. The monoisotopic (exact) mass is 236 g/mol. The molecule has 0 bridgehead atoms. The van der Waals surface area contributed by atoms with Gasteiger partial charge >= 0.3 is 0 Å². The molecule has 0 radical (unpaired) electrons. The molecule has 0 aliphatic carbocycles. The van der Waals surface area contributed by atoms with Crippen LogP contribution in [0.5, 0.6) is 0 Å². The van der Waals surface area contributed by atoms with Crippen molar-refractivity contribution in [1.82, 2.24) is 9.97 Å². The Labute approximate surface area is 102 Å². The van der Waals surface area contributed by atoms with Gasteiger partial charge < -0.3 is 15.0 Å². The van der Waals surface area contributed by atoms with Crippen molar-refractivity contribution in [3.8, 4) is 0 Å². The van der Waals surface area contributed by atoms with Crippen molar-refractivity contribution in [3.63, 3.8) is 0 Å². The summed E-state index contributed by atoms with van der Waals surface area (Å²) in [6.45, 7) is 8.82. The number of aromatic nitrogens is 2. The minimum atomic E-state index is 0.247. The van der Waals surface area contributed by atoms with Crippen molar-refractivity contribution >= 4 is 11.8 Å². The number of hydrogen-bond donors (Lipinski definition) is 1. The van der Waals surface area contributed by atoms with Crippen molar-refractivity contribution in [3.05, 3.63) is 12.3 Å². The second-order valence-corrected chi connectivity index (χ2v) is 4.43. The predicted octanol–water partition coefficient (Wildman–Crippen LogP) is 1.52. The zero-order valence-corrected chi connectivity index (χ0v) is 10.7. The topological polar surface area (TPSA) is 50.3 Å². The standard InChI is InChI=1S/C12H20N4O/c1-4-13-12-14-6-5-11(15-12)16-7-9(2)17-10(3)8-16/h5-6,9-10H,4,7-8H2,1-3H3,(H,13,14,15). The summed E-state index contributed by atoms with van der Waals surface area (Å²) < 4.78 is 5.71. The van der Waals surface area contributed by atoms with E-state index in [2.05, 4.69) is 34.0 Å². The van der Waals surface area contributed by atoms with Gasteiger partial charge in [-0.25, -0.2) is 4.98 Å². The van der Waals surface area contributed by atoms with Crippen LogP contribution >= 0.6 is 0 Å². The van der Waals surface area contributed by atoms with E-state index in [1.807, 2.05) is 13.0 Å². The van der Waals surface area contributed by atoms with Crippen molar-refractivity contribution in [2.45, 2.75) is 33.0 Å². The lowest BCUT2D eigenvalue weighted by Gasteiger charge is -2.36. The van der Waals surface area contributed by atoms with E-state index >= 15 is 0 Å². The van der Waals surface area contributed by atoms with Gasteiger partial charge in [-0.15, -0.1) is 0 Å². The molecule has 0 aromatic carbocycles. The van der Waals surface area contributed by atoms with Crippen LogP contribution in [0.15, 0.2) is 12.3 Å². The highest BCUT2D eigenvalue weighted by Crippen LogP contribution is 2.18. The van der Waals surface area contributed by atoms with Crippen molar-refractivity contribution < 1.29 is 4.74 Å². The van der Waals surface area contributed by atoms with E-state index in [0.717, 1.165) is 25.5 Å². The molecule has 0 spiro atoms. The molecule has 2 atom stereocenters. The van der Waals surface area contributed by atoms with E-state index < -0.39 is 0 Å². The summed E-state index contributed by atoms with van der Waals surface area (Å²) in [6, 6.07) is 1.95. The first-order chi connectivity index (χ1) is 8.19. The molecule has 1 aliphatic rings. The lowest BCUT2D eigenvalue weighted by Crippen LogP contribution is -2.45. The number of nitrogens with zero attached hydrogens (tertiary/aromatic N) is 3. The summed E-state index contributed by atoms with van der Waals surface area (Å²) in [5.41, 5.74) is 0. The SMILES string of the molecule is CCNc1nccc(N2CC(C)OC(C)C2)n1. The highest BCUT2D eigenvalue weighted by Gasteiger charge is 2.23. The Bertz CT molecular complexity index is 361. The molecule has 2 heterocycles. The lowest BCUT2D eigenvalue weighted by molar-refractivity contribution is -0.00545. The molecule has 1 aliphatic heterocycles. The second kappa shape index (κ2) is 5.31. The number of morpholine rings is 1. The first kappa shape index (κ1) is 12.1. The van der Waals surface area contributed by atoms with Crippen LogP contribution in [0.3, 0.4) is 0 Å². The Morgan fingerprint density at radius 1 is 1.41 bits per heavy atom.